The van der Waals surface area contributed by atoms with Gasteiger partial charge in [-0.25, -0.2) is 8.42 Å². The fourth-order valence-corrected chi connectivity index (χ4v) is 5.42. The van der Waals surface area contributed by atoms with E-state index < -0.39 is 10.0 Å². The van der Waals surface area contributed by atoms with Gasteiger partial charge in [0, 0.05) is 32.6 Å². The molecule has 0 saturated carbocycles. The van der Waals surface area contributed by atoms with Crippen LogP contribution in [0.3, 0.4) is 0 Å². The first-order valence-corrected chi connectivity index (χ1v) is 12.5. The van der Waals surface area contributed by atoms with Crippen molar-refractivity contribution in [3.8, 4) is 0 Å². The number of rotatable bonds is 11. The molecule has 6 nitrogen and oxygen atoms in total. The van der Waals surface area contributed by atoms with Gasteiger partial charge in [-0.05, 0) is 60.9 Å². The molecule has 0 atom stereocenters. The summed E-state index contributed by atoms with van der Waals surface area (Å²) in [4.78, 5) is 14.9. The van der Waals surface area contributed by atoms with Crippen molar-refractivity contribution >= 4 is 38.6 Å². The molecule has 0 saturated heterocycles. The summed E-state index contributed by atoms with van der Waals surface area (Å²) in [5.41, 5.74) is 2.50. The lowest BCUT2D eigenvalue weighted by molar-refractivity contribution is -0.116. The molecule has 0 aliphatic rings. The first-order chi connectivity index (χ1) is 13.9. The largest absolute Gasteiger partial charge is 0.370 e. The Kier molecular flexibility index (Phi) is 8.67. The fourth-order valence-electron chi connectivity index (χ4n) is 3.23. The molecular formula is C21H31N3O3S2. The van der Waals surface area contributed by atoms with Crippen LogP contribution in [-0.4, -0.2) is 44.8 Å². The van der Waals surface area contributed by atoms with Crippen LogP contribution in [0.25, 0.3) is 0 Å². The maximum Gasteiger partial charge on any atom is 0.243 e. The van der Waals surface area contributed by atoms with Crippen LogP contribution in [0.2, 0.25) is 0 Å². The van der Waals surface area contributed by atoms with E-state index >= 15 is 0 Å². The topological polar surface area (TPSA) is 69.7 Å². The molecule has 1 N–H and O–H groups in total. The number of thiophene rings is 1. The highest BCUT2D eigenvalue weighted by atomic mass is 32.2. The zero-order chi connectivity index (χ0) is 21.4. The molecule has 0 spiro atoms. The first kappa shape index (κ1) is 23.4. The zero-order valence-electron chi connectivity index (χ0n) is 17.6. The van der Waals surface area contributed by atoms with E-state index in [1.807, 2.05) is 44.5 Å². The molecule has 2 rings (SSSR count). The van der Waals surface area contributed by atoms with Crippen molar-refractivity contribution in [1.82, 2.24) is 4.31 Å². The number of nitrogens with one attached hydrogen (secondary N) is 1. The summed E-state index contributed by atoms with van der Waals surface area (Å²) in [5.74, 6) is -0.123. The number of carbonyl (C=O) groups excluding carboxylic acids is 1. The third-order valence-corrected chi connectivity index (χ3v) is 7.69. The number of hydrogen-bond donors (Lipinski definition) is 1. The van der Waals surface area contributed by atoms with Crippen molar-refractivity contribution in [1.29, 1.82) is 0 Å². The summed E-state index contributed by atoms with van der Waals surface area (Å²) < 4.78 is 27.3. The number of benzene rings is 1. The Morgan fingerprint density at radius 2 is 1.72 bits per heavy atom. The highest BCUT2D eigenvalue weighted by Crippen LogP contribution is 2.30. The molecule has 1 amide bonds. The molecule has 29 heavy (non-hydrogen) atoms. The molecule has 0 aliphatic carbocycles. The molecule has 2 aromatic rings. The van der Waals surface area contributed by atoms with Crippen LogP contribution in [0.5, 0.6) is 0 Å². The second kappa shape index (κ2) is 10.8. The lowest BCUT2D eigenvalue weighted by Crippen LogP contribution is -2.31. The molecule has 160 valence electrons. The summed E-state index contributed by atoms with van der Waals surface area (Å²) >= 11 is 1.61. The fraction of sp³-hybridized carbons (Fsp3) is 0.476. The van der Waals surface area contributed by atoms with Crippen molar-refractivity contribution in [2.75, 3.05) is 36.4 Å². The van der Waals surface area contributed by atoms with Gasteiger partial charge in [0.05, 0.1) is 16.3 Å². The Bertz CT molecular complexity index is 888. The normalized spacial score (nSPS) is 11.6. The Balaban J connectivity index is 2.33. The molecule has 8 heteroatoms. The van der Waals surface area contributed by atoms with Crippen molar-refractivity contribution < 1.29 is 13.2 Å². The van der Waals surface area contributed by atoms with Crippen LogP contribution in [0.15, 0.2) is 39.9 Å². The van der Waals surface area contributed by atoms with Crippen LogP contribution in [0.4, 0.5) is 11.4 Å². The quantitative estimate of drug-likeness (QED) is 0.572. The molecule has 0 aliphatic heterocycles. The van der Waals surface area contributed by atoms with Crippen molar-refractivity contribution in [3.05, 3.63) is 40.6 Å². The van der Waals surface area contributed by atoms with E-state index in [4.69, 9.17) is 0 Å². The minimum Gasteiger partial charge on any atom is -0.370 e. The Labute approximate surface area is 178 Å². The van der Waals surface area contributed by atoms with Crippen molar-refractivity contribution in [2.24, 2.45) is 0 Å². The van der Waals surface area contributed by atoms with Gasteiger partial charge in [0.25, 0.3) is 0 Å². The summed E-state index contributed by atoms with van der Waals surface area (Å²) in [6.07, 6.45) is 1.01. The Morgan fingerprint density at radius 1 is 1.03 bits per heavy atom. The SMILES string of the molecule is CCN(CC)c1ccc(S(=O)(=O)N(CC)CC)cc1NC(=O)CCc1ccsc1. The minimum atomic E-state index is -3.60. The number of nitrogens with zero attached hydrogens (tertiary/aromatic N) is 2. The average molecular weight is 438 g/mol. The number of hydrogen-bond acceptors (Lipinski definition) is 5. The van der Waals surface area contributed by atoms with Crippen LogP contribution in [-0.2, 0) is 21.2 Å². The highest BCUT2D eigenvalue weighted by molar-refractivity contribution is 7.89. The van der Waals surface area contributed by atoms with E-state index in [9.17, 15) is 13.2 Å². The number of sulfonamides is 1. The van der Waals surface area contributed by atoms with Crippen LogP contribution in [0, 0.1) is 0 Å². The smallest absolute Gasteiger partial charge is 0.243 e. The predicted molar refractivity (Wildman–Crippen MR) is 121 cm³/mol. The van der Waals surface area contributed by atoms with Gasteiger partial charge in [0.15, 0.2) is 0 Å². The minimum absolute atomic E-state index is 0.123. The standard InChI is InChI=1S/C21H31N3O3S2/c1-5-23(6-2)20-11-10-18(29(26,27)24(7-3)8-4)15-19(20)22-21(25)12-9-17-13-14-28-16-17/h10-11,13-16H,5-9,12H2,1-4H3,(H,22,25). The summed E-state index contributed by atoms with van der Waals surface area (Å²) in [6, 6.07) is 7.01. The zero-order valence-corrected chi connectivity index (χ0v) is 19.3. The molecule has 0 radical (unpaired) electrons. The van der Waals surface area contributed by atoms with Gasteiger partial charge in [-0.2, -0.15) is 15.6 Å². The van der Waals surface area contributed by atoms with Gasteiger partial charge in [-0.1, -0.05) is 13.8 Å². The maximum atomic E-state index is 12.9. The molecule has 1 heterocycles. The highest BCUT2D eigenvalue weighted by Gasteiger charge is 2.23. The van der Waals surface area contributed by atoms with E-state index in [1.54, 1.807) is 29.5 Å². The molecule has 1 aromatic carbocycles. The second-order valence-electron chi connectivity index (χ2n) is 6.62. The molecular weight excluding hydrogens is 406 g/mol. The number of aryl methyl sites for hydroxylation is 1. The van der Waals surface area contributed by atoms with Gasteiger partial charge >= 0.3 is 0 Å². The van der Waals surface area contributed by atoms with Gasteiger partial charge in [-0.3, -0.25) is 4.79 Å². The van der Waals surface area contributed by atoms with E-state index in [1.165, 1.54) is 4.31 Å². The van der Waals surface area contributed by atoms with Gasteiger partial charge in [0.1, 0.15) is 0 Å². The van der Waals surface area contributed by atoms with Crippen LogP contribution < -0.4 is 10.2 Å². The third-order valence-electron chi connectivity index (χ3n) is 4.91. The van der Waals surface area contributed by atoms with Crippen LogP contribution in [0.1, 0.15) is 39.7 Å². The van der Waals surface area contributed by atoms with Gasteiger partial charge < -0.3 is 10.2 Å². The van der Waals surface area contributed by atoms with Crippen molar-refractivity contribution in [2.45, 2.75) is 45.4 Å². The van der Waals surface area contributed by atoms with Crippen molar-refractivity contribution in [3.63, 3.8) is 0 Å². The van der Waals surface area contributed by atoms with Crippen LogP contribution >= 0.6 is 11.3 Å². The van der Waals surface area contributed by atoms with E-state index in [2.05, 4.69) is 10.2 Å². The lowest BCUT2D eigenvalue weighted by atomic mass is 10.1. The lowest BCUT2D eigenvalue weighted by Gasteiger charge is -2.26. The van der Waals surface area contributed by atoms with E-state index in [0.717, 1.165) is 24.3 Å². The average Bonchev–Trinajstić information content (AvgIpc) is 3.22. The predicted octanol–water partition coefficient (Wildman–Crippen LogP) is 4.20. The van der Waals surface area contributed by atoms with E-state index in [-0.39, 0.29) is 10.8 Å². The second-order valence-corrected chi connectivity index (χ2v) is 9.34. The number of carbonyl (C=O) groups is 1. The molecule has 0 bridgehead atoms. The van der Waals surface area contributed by atoms with Gasteiger partial charge in [0.2, 0.25) is 15.9 Å². The monoisotopic (exact) mass is 437 g/mol. The molecule has 0 fully saturated rings. The first-order valence-electron chi connectivity index (χ1n) is 10.1. The molecule has 1 aromatic heterocycles. The molecule has 0 unspecified atom stereocenters. The number of anilines is 2. The summed E-state index contributed by atoms with van der Waals surface area (Å²) in [7, 11) is -3.60. The third kappa shape index (κ3) is 5.81. The summed E-state index contributed by atoms with van der Waals surface area (Å²) in [6.45, 7) is 10.0. The maximum absolute atomic E-state index is 12.9. The van der Waals surface area contributed by atoms with E-state index in [0.29, 0.717) is 31.6 Å². The van der Waals surface area contributed by atoms with Gasteiger partial charge in [-0.15, -0.1) is 0 Å². The summed E-state index contributed by atoms with van der Waals surface area (Å²) in [5, 5.41) is 6.98. The Hall–Kier alpha value is -1.90. The Morgan fingerprint density at radius 3 is 2.28 bits per heavy atom. The number of amides is 1.